The van der Waals surface area contributed by atoms with E-state index in [2.05, 4.69) is 56.1 Å². The van der Waals surface area contributed by atoms with Crippen molar-refractivity contribution in [3.05, 3.63) is 70.2 Å². The van der Waals surface area contributed by atoms with Crippen molar-refractivity contribution in [2.45, 2.75) is 17.3 Å². The number of nitrogens with zero attached hydrogens (tertiary/aromatic N) is 3. The van der Waals surface area contributed by atoms with Crippen LogP contribution in [0, 0.1) is 11.3 Å². The standard InChI is InChI=1S/C22H20ClIN4O/c1-29-22-27-20(18-4-2-3-15(11-18)7-9-25)13-21(28-22)26-10-8-17-6-5-16(14-24)12-19(17)23/h2-6,11-13H,7-8,10,14H2,1H3,(H,26,27,28). The quantitative estimate of drug-likeness (QED) is 0.317. The van der Waals surface area contributed by atoms with Crippen LogP contribution >= 0.6 is 34.2 Å². The summed E-state index contributed by atoms with van der Waals surface area (Å²) in [5.74, 6) is 0.678. The van der Waals surface area contributed by atoms with Gasteiger partial charge in [-0.15, -0.1) is 0 Å². The first-order valence-electron chi connectivity index (χ1n) is 9.09. The summed E-state index contributed by atoms with van der Waals surface area (Å²) in [5.41, 5.74) is 4.92. The lowest BCUT2D eigenvalue weighted by Crippen LogP contribution is -2.08. The lowest BCUT2D eigenvalue weighted by Gasteiger charge is -2.11. The molecule has 3 aromatic rings. The van der Waals surface area contributed by atoms with Crippen molar-refractivity contribution in [1.29, 1.82) is 5.26 Å². The van der Waals surface area contributed by atoms with E-state index in [1.165, 1.54) is 5.56 Å². The summed E-state index contributed by atoms with van der Waals surface area (Å²) in [6, 6.07) is 18.3. The average molecular weight is 519 g/mol. The largest absolute Gasteiger partial charge is 0.467 e. The van der Waals surface area contributed by atoms with Gasteiger partial charge in [0.1, 0.15) is 5.82 Å². The minimum atomic E-state index is 0.292. The van der Waals surface area contributed by atoms with Crippen LogP contribution in [0.2, 0.25) is 5.02 Å². The number of hydrogen-bond acceptors (Lipinski definition) is 5. The highest BCUT2D eigenvalue weighted by Crippen LogP contribution is 2.24. The fourth-order valence-electron chi connectivity index (χ4n) is 2.89. The maximum absolute atomic E-state index is 8.93. The van der Waals surface area contributed by atoms with E-state index in [9.17, 15) is 0 Å². The van der Waals surface area contributed by atoms with E-state index < -0.39 is 0 Å². The van der Waals surface area contributed by atoms with Crippen molar-refractivity contribution >= 4 is 40.0 Å². The van der Waals surface area contributed by atoms with E-state index in [1.54, 1.807) is 7.11 Å². The van der Waals surface area contributed by atoms with Crippen LogP contribution in [0.1, 0.15) is 16.7 Å². The number of halogens is 2. The minimum absolute atomic E-state index is 0.292. The Morgan fingerprint density at radius 3 is 2.72 bits per heavy atom. The van der Waals surface area contributed by atoms with Gasteiger partial charge >= 0.3 is 6.01 Å². The third-order valence-corrected chi connectivity index (χ3v) is 5.60. The van der Waals surface area contributed by atoms with Crippen molar-refractivity contribution in [3.8, 4) is 23.3 Å². The highest BCUT2D eigenvalue weighted by atomic mass is 127. The molecule has 0 saturated heterocycles. The van der Waals surface area contributed by atoms with Gasteiger partial charge in [-0.2, -0.15) is 15.2 Å². The lowest BCUT2D eigenvalue weighted by atomic mass is 10.1. The molecule has 29 heavy (non-hydrogen) atoms. The predicted octanol–water partition coefficient (Wildman–Crippen LogP) is 5.46. The lowest BCUT2D eigenvalue weighted by molar-refractivity contribution is 0.381. The van der Waals surface area contributed by atoms with E-state index in [0.717, 1.165) is 38.3 Å². The number of methoxy groups -OCH3 is 1. The second-order valence-electron chi connectivity index (χ2n) is 6.40. The second kappa shape index (κ2) is 10.4. The topological polar surface area (TPSA) is 70.8 Å². The van der Waals surface area contributed by atoms with Crippen LogP contribution in [0.5, 0.6) is 6.01 Å². The molecule has 0 bridgehead atoms. The second-order valence-corrected chi connectivity index (χ2v) is 7.57. The molecule has 0 fully saturated rings. The van der Waals surface area contributed by atoms with Gasteiger partial charge in [0.05, 0.1) is 25.3 Å². The molecular formula is C22H20ClIN4O. The molecule has 2 aromatic carbocycles. The zero-order chi connectivity index (χ0) is 20.6. The van der Waals surface area contributed by atoms with Crippen molar-refractivity contribution in [3.63, 3.8) is 0 Å². The van der Waals surface area contributed by atoms with Gasteiger partial charge in [0.2, 0.25) is 0 Å². The van der Waals surface area contributed by atoms with Crippen LogP contribution in [-0.4, -0.2) is 23.6 Å². The van der Waals surface area contributed by atoms with Gasteiger partial charge in [0.15, 0.2) is 0 Å². The summed E-state index contributed by atoms with van der Waals surface area (Å²) in [4.78, 5) is 8.83. The summed E-state index contributed by atoms with van der Waals surface area (Å²) in [6.07, 6.45) is 1.14. The van der Waals surface area contributed by atoms with Gasteiger partial charge in [0, 0.05) is 27.6 Å². The van der Waals surface area contributed by atoms with Gasteiger partial charge in [0.25, 0.3) is 0 Å². The van der Waals surface area contributed by atoms with Crippen LogP contribution in [-0.2, 0) is 17.3 Å². The van der Waals surface area contributed by atoms with Crippen molar-refractivity contribution in [1.82, 2.24) is 9.97 Å². The third kappa shape index (κ3) is 5.81. The normalized spacial score (nSPS) is 10.4. The molecule has 0 aliphatic rings. The number of anilines is 1. The zero-order valence-corrected chi connectivity index (χ0v) is 18.9. The first-order chi connectivity index (χ1) is 14.1. The Morgan fingerprint density at radius 1 is 1.14 bits per heavy atom. The van der Waals surface area contributed by atoms with Crippen LogP contribution < -0.4 is 10.1 Å². The molecule has 0 saturated carbocycles. The number of alkyl halides is 1. The Bertz CT molecular complexity index is 1040. The Balaban J connectivity index is 1.75. The smallest absolute Gasteiger partial charge is 0.318 e. The number of rotatable bonds is 8. The molecule has 7 heteroatoms. The molecule has 0 aliphatic heterocycles. The molecule has 0 unspecified atom stereocenters. The average Bonchev–Trinajstić information content (AvgIpc) is 2.75. The number of hydrogen-bond donors (Lipinski definition) is 1. The van der Waals surface area contributed by atoms with Gasteiger partial charge < -0.3 is 10.1 Å². The Hall–Kier alpha value is -2.37. The maximum atomic E-state index is 8.93. The van der Waals surface area contributed by atoms with Crippen LogP contribution in [0.3, 0.4) is 0 Å². The van der Waals surface area contributed by atoms with E-state index in [-0.39, 0.29) is 0 Å². The summed E-state index contributed by atoms with van der Waals surface area (Å²) in [7, 11) is 1.55. The maximum Gasteiger partial charge on any atom is 0.318 e. The summed E-state index contributed by atoms with van der Waals surface area (Å²) in [6.45, 7) is 0.678. The molecule has 1 heterocycles. The molecule has 0 spiro atoms. The molecule has 0 aliphatic carbocycles. The van der Waals surface area contributed by atoms with Crippen molar-refractivity contribution in [2.24, 2.45) is 0 Å². The summed E-state index contributed by atoms with van der Waals surface area (Å²) < 4.78 is 6.21. The molecule has 1 N–H and O–H groups in total. The van der Waals surface area contributed by atoms with Gasteiger partial charge in [-0.05, 0) is 35.2 Å². The zero-order valence-electron chi connectivity index (χ0n) is 16.0. The van der Waals surface area contributed by atoms with E-state index >= 15 is 0 Å². The highest BCUT2D eigenvalue weighted by molar-refractivity contribution is 14.1. The first kappa shape index (κ1) is 21.3. The van der Waals surface area contributed by atoms with E-state index in [0.29, 0.717) is 24.8 Å². The SMILES string of the molecule is COc1nc(NCCc2ccc(CI)cc2Cl)cc(-c2cccc(CC#N)c2)n1. The van der Waals surface area contributed by atoms with Gasteiger partial charge in [-0.25, -0.2) is 0 Å². The minimum Gasteiger partial charge on any atom is -0.467 e. The number of aromatic nitrogens is 2. The molecule has 0 atom stereocenters. The van der Waals surface area contributed by atoms with Crippen LogP contribution in [0.4, 0.5) is 5.82 Å². The monoisotopic (exact) mass is 518 g/mol. The Kier molecular flexibility index (Phi) is 7.67. The molecule has 0 amide bonds. The van der Waals surface area contributed by atoms with E-state index in [1.807, 2.05) is 36.4 Å². The number of benzene rings is 2. The summed E-state index contributed by atoms with van der Waals surface area (Å²) in [5, 5.41) is 13.1. The number of nitriles is 1. The predicted molar refractivity (Wildman–Crippen MR) is 125 cm³/mol. The summed E-state index contributed by atoms with van der Waals surface area (Å²) >= 11 is 8.71. The van der Waals surface area contributed by atoms with Crippen molar-refractivity contribution < 1.29 is 4.74 Å². The van der Waals surface area contributed by atoms with Gasteiger partial charge in [-0.1, -0.05) is 64.5 Å². The van der Waals surface area contributed by atoms with E-state index in [4.69, 9.17) is 21.6 Å². The van der Waals surface area contributed by atoms with Gasteiger partial charge in [-0.3, -0.25) is 0 Å². The molecular weight excluding hydrogens is 499 g/mol. The molecule has 3 rings (SSSR count). The Labute approximate surface area is 189 Å². The molecule has 5 nitrogen and oxygen atoms in total. The van der Waals surface area contributed by atoms with Crippen LogP contribution in [0.25, 0.3) is 11.3 Å². The number of nitrogens with one attached hydrogen (secondary N) is 1. The highest BCUT2D eigenvalue weighted by Gasteiger charge is 2.09. The molecule has 148 valence electrons. The fourth-order valence-corrected chi connectivity index (χ4v) is 3.66. The van der Waals surface area contributed by atoms with Crippen molar-refractivity contribution in [2.75, 3.05) is 19.0 Å². The third-order valence-electron chi connectivity index (χ3n) is 4.37. The fraction of sp³-hybridized carbons (Fsp3) is 0.227. The van der Waals surface area contributed by atoms with Crippen LogP contribution in [0.15, 0.2) is 48.5 Å². The molecule has 1 aromatic heterocycles. The first-order valence-corrected chi connectivity index (χ1v) is 11.0. The molecule has 0 radical (unpaired) electrons. The Morgan fingerprint density at radius 2 is 2.00 bits per heavy atom. The number of ether oxygens (including phenoxy) is 1.